The van der Waals surface area contributed by atoms with Crippen LogP contribution in [0.4, 0.5) is 0 Å². The molecule has 0 aliphatic heterocycles. The number of unbranched alkanes of at least 4 members (excludes halogenated alkanes) is 1. The number of hydrogen-bond donors (Lipinski definition) is 1. The van der Waals surface area contributed by atoms with Crippen LogP contribution in [0.25, 0.3) is 0 Å². The Morgan fingerprint density at radius 2 is 2.17 bits per heavy atom. The van der Waals surface area contributed by atoms with E-state index in [-0.39, 0.29) is 5.91 Å². The summed E-state index contributed by atoms with van der Waals surface area (Å²) in [5.41, 5.74) is 2.37. The van der Waals surface area contributed by atoms with Crippen LogP contribution in [-0.4, -0.2) is 16.8 Å². The lowest BCUT2D eigenvalue weighted by atomic mass is 10.2. The standard InChI is InChI=1S/C8H16BrNO2/c1-4-5-6-12-10-7(11)8(2,3)9/h4-6H2,1-3H3,(H,10,11). The van der Waals surface area contributed by atoms with E-state index < -0.39 is 4.32 Å². The van der Waals surface area contributed by atoms with E-state index in [2.05, 4.69) is 28.3 Å². The molecule has 0 aliphatic rings. The average Bonchev–Trinajstić information content (AvgIpc) is 1.96. The van der Waals surface area contributed by atoms with Crippen molar-refractivity contribution in [2.24, 2.45) is 0 Å². The van der Waals surface area contributed by atoms with E-state index in [4.69, 9.17) is 4.84 Å². The van der Waals surface area contributed by atoms with Crippen molar-refractivity contribution in [2.75, 3.05) is 6.61 Å². The molecule has 1 amide bonds. The lowest BCUT2D eigenvalue weighted by molar-refractivity contribution is -0.135. The van der Waals surface area contributed by atoms with Gasteiger partial charge in [-0.2, -0.15) is 0 Å². The Morgan fingerprint density at radius 1 is 1.58 bits per heavy atom. The van der Waals surface area contributed by atoms with Crippen molar-refractivity contribution in [1.82, 2.24) is 5.48 Å². The van der Waals surface area contributed by atoms with Crippen molar-refractivity contribution in [3.05, 3.63) is 0 Å². The van der Waals surface area contributed by atoms with Gasteiger partial charge in [-0.25, -0.2) is 5.48 Å². The predicted octanol–water partition coefficient (Wildman–Crippen LogP) is 2.01. The Balaban J connectivity index is 3.45. The fourth-order valence-corrected chi connectivity index (χ4v) is 0.535. The second-order valence-corrected chi connectivity index (χ2v) is 5.09. The van der Waals surface area contributed by atoms with Gasteiger partial charge >= 0.3 is 0 Å². The summed E-state index contributed by atoms with van der Waals surface area (Å²) in [5, 5.41) is 0. The molecule has 0 radical (unpaired) electrons. The highest BCUT2D eigenvalue weighted by Crippen LogP contribution is 2.14. The van der Waals surface area contributed by atoms with Gasteiger partial charge in [-0.3, -0.25) is 9.63 Å². The van der Waals surface area contributed by atoms with E-state index in [1.807, 2.05) is 0 Å². The summed E-state index contributed by atoms with van der Waals surface area (Å²) in [6.45, 7) is 6.18. The molecule has 4 heteroatoms. The number of hydrogen-bond acceptors (Lipinski definition) is 2. The van der Waals surface area contributed by atoms with Crippen LogP contribution in [0, 0.1) is 0 Å². The molecule has 1 N–H and O–H groups in total. The van der Waals surface area contributed by atoms with Gasteiger partial charge in [0.1, 0.15) is 4.32 Å². The fourth-order valence-electron chi connectivity index (χ4n) is 0.454. The Kier molecular flexibility index (Phi) is 5.50. The molecule has 0 aromatic heterocycles. The summed E-state index contributed by atoms with van der Waals surface area (Å²) >= 11 is 3.22. The molecule has 0 rings (SSSR count). The molecule has 0 spiro atoms. The third-order valence-corrected chi connectivity index (χ3v) is 1.66. The zero-order valence-corrected chi connectivity index (χ0v) is 9.40. The number of carbonyl (C=O) groups excluding carboxylic acids is 1. The topological polar surface area (TPSA) is 38.3 Å². The molecule has 0 saturated heterocycles. The summed E-state index contributed by atoms with van der Waals surface area (Å²) in [6.07, 6.45) is 2.02. The van der Waals surface area contributed by atoms with E-state index in [1.54, 1.807) is 13.8 Å². The molecule has 0 bridgehead atoms. The fraction of sp³-hybridized carbons (Fsp3) is 0.875. The maximum atomic E-state index is 11.1. The summed E-state index contributed by atoms with van der Waals surface area (Å²) < 4.78 is -0.556. The van der Waals surface area contributed by atoms with Crippen LogP contribution < -0.4 is 5.48 Å². The highest BCUT2D eigenvalue weighted by Gasteiger charge is 2.23. The van der Waals surface area contributed by atoms with Gasteiger partial charge in [0.05, 0.1) is 6.61 Å². The molecule has 0 heterocycles. The summed E-state index contributed by atoms with van der Waals surface area (Å²) in [4.78, 5) is 16.1. The largest absolute Gasteiger partial charge is 0.274 e. The summed E-state index contributed by atoms with van der Waals surface area (Å²) in [6, 6.07) is 0. The molecule has 12 heavy (non-hydrogen) atoms. The molecular weight excluding hydrogens is 222 g/mol. The Labute approximate surface area is 81.9 Å². The molecule has 0 saturated carbocycles. The number of alkyl halides is 1. The monoisotopic (exact) mass is 237 g/mol. The minimum atomic E-state index is -0.556. The normalized spacial score (nSPS) is 11.3. The van der Waals surface area contributed by atoms with Crippen molar-refractivity contribution in [1.29, 1.82) is 0 Å². The molecule has 72 valence electrons. The van der Waals surface area contributed by atoms with Crippen LogP contribution >= 0.6 is 15.9 Å². The molecule has 0 aromatic rings. The van der Waals surface area contributed by atoms with Gasteiger partial charge in [-0.15, -0.1) is 0 Å². The van der Waals surface area contributed by atoms with Gasteiger partial charge in [-0.1, -0.05) is 29.3 Å². The number of nitrogens with one attached hydrogen (secondary N) is 1. The molecule has 0 aromatic carbocycles. The van der Waals surface area contributed by atoms with E-state index in [9.17, 15) is 4.79 Å². The van der Waals surface area contributed by atoms with Gasteiger partial charge in [0.2, 0.25) is 0 Å². The van der Waals surface area contributed by atoms with Gasteiger partial charge < -0.3 is 0 Å². The van der Waals surface area contributed by atoms with Gasteiger partial charge in [0.25, 0.3) is 5.91 Å². The predicted molar refractivity (Wildman–Crippen MR) is 52.0 cm³/mol. The van der Waals surface area contributed by atoms with Crippen molar-refractivity contribution in [3.63, 3.8) is 0 Å². The van der Waals surface area contributed by atoms with Gasteiger partial charge in [0, 0.05) is 0 Å². The molecule has 0 aliphatic carbocycles. The summed E-state index contributed by atoms with van der Waals surface area (Å²) in [7, 11) is 0. The quantitative estimate of drug-likeness (QED) is 0.452. The highest BCUT2D eigenvalue weighted by atomic mass is 79.9. The van der Waals surface area contributed by atoms with Crippen molar-refractivity contribution in [3.8, 4) is 0 Å². The number of hydroxylamine groups is 1. The van der Waals surface area contributed by atoms with E-state index in [0.29, 0.717) is 6.61 Å². The summed E-state index contributed by atoms with van der Waals surface area (Å²) in [5.74, 6) is -0.154. The number of rotatable bonds is 5. The molecule has 0 fully saturated rings. The van der Waals surface area contributed by atoms with Gasteiger partial charge in [0.15, 0.2) is 0 Å². The highest BCUT2D eigenvalue weighted by molar-refractivity contribution is 9.10. The van der Waals surface area contributed by atoms with E-state index in [0.717, 1.165) is 12.8 Å². The second kappa shape index (κ2) is 5.54. The first-order chi connectivity index (χ1) is 5.48. The van der Waals surface area contributed by atoms with E-state index >= 15 is 0 Å². The van der Waals surface area contributed by atoms with Gasteiger partial charge in [-0.05, 0) is 20.3 Å². The van der Waals surface area contributed by atoms with Crippen LogP contribution in [0.5, 0.6) is 0 Å². The maximum Gasteiger partial charge on any atom is 0.259 e. The Bertz CT molecular complexity index is 142. The first kappa shape index (κ1) is 11.9. The smallest absolute Gasteiger partial charge is 0.259 e. The Hall–Kier alpha value is -0.0900. The average molecular weight is 238 g/mol. The van der Waals surface area contributed by atoms with Crippen molar-refractivity contribution < 1.29 is 9.63 Å². The number of amides is 1. The maximum absolute atomic E-state index is 11.1. The number of halogens is 1. The minimum absolute atomic E-state index is 0.154. The first-order valence-electron chi connectivity index (χ1n) is 4.09. The Morgan fingerprint density at radius 3 is 2.58 bits per heavy atom. The lowest BCUT2D eigenvalue weighted by Crippen LogP contribution is -2.37. The first-order valence-corrected chi connectivity index (χ1v) is 4.89. The van der Waals surface area contributed by atoms with Crippen LogP contribution in [0.3, 0.4) is 0 Å². The van der Waals surface area contributed by atoms with Crippen LogP contribution in [0.2, 0.25) is 0 Å². The zero-order chi connectivity index (χ0) is 9.61. The van der Waals surface area contributed by atoms with Crippen LogP contribution in [0.1, 0.15) is 33.6 Å². The molecular formula is C8H16BrNO2. The molecule has 0 atom stereocenters. The zero-order valence-electron chi connectivity index (χ0n) is 7.82. The second-order valence-electron chi connectivity index (χ2n) is 3.11. The third kappa shape index (κ3) is 5.55. The van der Waals surface area contributed by atoms with Crippen molar-refractivity contribution in [2.45, 2.75) is 37.9 Å². The van der Waals surface area contributed by atoms with Crippen LogP contribution in [0.15, 0.2) is 0 Å². The van der Waals surface area contributed by atoms with E-state index in [1.165, 1.54) is 0 Å². The third-order valence-electron chi connectivity index (χ3n) is 1.30. The molecule has 0 unspecified atom stereocenters. The lowest BCUT2D eigenvalue weighted by Gasteiger charge is -2.14. The molecule has 3 nitrogen and oxygen atoms in total. The minimum Gasteiger partial charge on any atom is -0.274 e. The van der Waals surface area contributed by atoms with Crippen LogP contribution in [-0.2, 0) is 9.63 Å². The number of carbonyl (C=O) groups is 1. The SMILES string of the molecule is CCCCONC(=O)C(C)(C)Br. The van der Waals surface area contributed by atoms with Crippen molar-refractivity contribution >= 4 is 21.8 Å².